The van der Waals surface area contributed by atoms with Gasteiger partial charge >= 0.3 is 11.9 Å². The van der Waals surface area contributed by atoms with Crippen molar-refractivity contribution in [1.29, 1.82) is 0 Å². The predicted molar refractivity (Wildman–Crippen MR) is 84.1 cm³/mol. The molecular formula is C17H19N3O4. The lowest BCUT2D eigenvalue weighted by Gasteiger charge is -2.44. The lowest BCUT2D eigenvalue weighted by atomic mass is 9.66. The number of carbonyl (C=O) groups is 2. The van der Waals surface area contributed by atoms with Gasteiger partial charge in [0.25, 0.3) is 0 Å². The molecule has 2 saturated carbocycles. The van der Waals surface area contributed by atoms with E-state index in [2.05, 4.69) is 10.3 Å². The summed E-state index contributed by atoms with van der Waals surface area (Å²) < 4.78 is 10.2. The Morgan fingerprint density at radius 3 is 2.42 bits per heavy atom. The molecule has 4 rings (SSSR count). The topological polar surface area (TPSA) is 80.6 Å². The lowest BCUT2D eigenvalue weighted by molar-refractivity contribution is -0.163. The van der Waals surface area contributed by atoms with E-state index >= 15 is 0 Å². The number of fused-ring (bicyclic) bond motifs is 5. The second-order valence-corrected chi connectivity index (χ2v) is 6.56. The zero-order valence-corrected chi connectivity index (χ0v) is 13.6. The minimum atomic E-state index is -1.33. The van der Waals surface area contributed by atoms with Crippen molar-refractivity contribution in [3.8, 4) is 0 Å². The van der Waals surface area contributed by atoms with Gasteiger partial charge in [0, 0.05) is 5.92 Å². The number of para-hydroxylation sites is 1. The third-order valence-corrected chi connectivity index (χ3v) is 5.82. The number of rotatable bonds is 3. The zero-order chi connectivity index (χ0) is 16.9. The quantitative estimate of drug-likeness (QED) is 0.794. The molecule has 0 unspecified atom stereocenters. The first-order valence-electron chi connectivity index (χ1n) is 8.07. The average Bonchev–Trinajstić information content (AvgIpc) is 3.31. The highest BCUT2D eigenvalue weighted by atomic mass is 16.5. The van der Waals surface area contributed by atoms with Crippen LogP contribution < -0.4 is 5.01 Å². The highest BCUT2D eigenvalue weighted by Crippen LogP contribution is 2.65. The van der Waals surface area contributed by atoms with Gasteiger partial charge in [0.15, 0.2) is 0 Å². The summed E-state index contributed by atoms with van der Waals surface area (Å²) in [6, 6.07) is 9.31. The Balaban J connectivity index is 1.95. The molecule has 2 fully saturated rings. The van der Waals surface area contributed by atoms with Gasteiger partial charge in [-0.15, -0.1) is 5.11 Å². The summed E-state index contributed by atoms with van der Waals surface area (Å²) in [5.41, 5.74) is -1.88. The van der Waals surface area contributed by atoms with Crippen molar-refractivity contribution in [2.45, 2.75) is 30.3 Å². The second-order valence-electron chi connectivity index (χ2n) is 6.56. The predicted octanol–water partition coefficient (Wildman–Crippen LogP) is 2.13. The van der Waals surface area contributed by atoms with E-state index in [0.717, 1.165) is 19.3 Å². The Kier molecular flexibility index (Phi) is 3.16. The molecule has 24 heavy (non-hydrogen) atoms. The lowest BCUT2D eigenvalue weighted by Crippen LogP contribution is -2.70. The number of nitrogens with zero attached hydrogens (tertiary/aromatic N) is 3. The Bertz CT molecular complexity index is 722. The third kappa shape index (κ3) is 1.48. The van der Waals surface area contributed by atoms with Crippen molar-refractivity contribution in [2.75, 3.05) is 19.2 Å². The maximum Gasteiger partial charge on any atom is 0.339 e. The highest BCUT2D eigenvalue weighted by molar-refractivity contribution is 6.00. The van der Waals surface area contributed by atoms with Crippen molar-refractivity contribution in [1.82, 2.24) is 0 Å². The van der Waals surface area contributed by atoms with Crippen molar-refractivity contribution < 1.29 is 19.1 Å². The highest BCUT2D eigenvalue weighted by Gasteiger charge is 2.82. The molecule has 1 aromatic carbocycles. The van der Waals surface area contributed by atoms with E-state index in [4.69, 9.17) is 9.47 Å². The summed E-state index contributed by atoms with van der Waals surface area (Å²) in [6.45, 7) is 0. The largest absolute Gasteiger partial charge is 0.467 e. The first-order valence-corrected chi connectivity index (χ1v) is 8.07. The number of hydrogen-bond donors (Lipinski definition) is 0. The van der Waals surface area contributed by atoms with Crippen LogP contribution in [-0.2, 0) is 19.1 Å². The monoisotopic (exact) mass is 329 g/mol. The van der Waals surface area contributed by atoms with Crippen molar-refractivity contribution in [3.63, 3.8) is 0 Å². The number of esters is 2. The van der Waals surface area contributed by atoms with Crippen LogP contribution in [0.2, 0.25) is 0 Å². The molecule has 7 heteroatoms. The first-order chi connectivity index (χ1) is 11.6. The molecule has 0 saturated heterocycles. The molecule has 7 nitrogen and oxygen atoms in total. The maximum absolute atomic E-state index is 13.0. The molecule has 0 radical (unpaired) electrons. The number of carbonyl (C=O) groups excluding carboxylic acids is 2. The standard InChI is InChI=1S/C17H19N3O4/c1-23-14(21)16-11-8-9-12(10-11)17(16,15(22)24-2)20(19-18-16)13-6-4-3-5-7-13/h3-7,11-12H,8-10H2,1-2H3/t11-,12+,16-,17+/m1/s1. The van der Waals surface area contributed by atoms with E-state index in [1.807, 2.05) is 30.3 Å². The fraction of sp³-hybridized carbons (Fsp3) is 0.529. The van der Waals surface area contributed by atoms with E-state index in [9.17, 15) is 9.59 Å². The second kappa shape index (κ2) is 5.03. The molecule has 126 valence electrons. The number of benzene rings is 1. The van der Waals surface area contributed by atoms with Crippen molar-refractivity contribution >= 4 is 17.6 Å². The van der Waals surface area contributed by atoms with Crippen LogP contribution in [0, 0.1) is 11.8 Å². The molecule has 1 aromatic rings. The molecule has 0 aromatic heterocycles. The van der Waals surface area contributed by atoms with Crippen LogP contribution in [0.3, 0.4) is 0 Å². The fourth-order valence-corrected chi connectivity index (χ4v) is 4.95. The SMILES string of the molecule is COC(=O)[C@@]12[C@H]3CC[C@H](C3)[C@]1(C(=O)OC)N=NN2c1ccccc1. The zero-order valence-electron chi connectivity index (χ0n) is 13.6. The summed E-state index contributed by atoms with van der Waals surface area (Å²) >= 11 is 0. The Labute approximate surface area is 139 Å². The number of anilines is 1. The van der Waals surface area contributed by atoms with Gasteiger partial charge in [-0.3, -0.25) is 0 Å². The third-order valence-electron chi connectivity index (χ3n) is 5.82. The van der Waals surface area contributed by atoms with Crippen LogP contribution in [0.5, 0.6) is 0 Å². The summed E-state index contributed by atoms with van der Waals surface area (Å²) in [6.07, 6.45) is 2.42. The minimum Gasteiger partial charge on any atom is -0.467 e. The molecular weight excluding hydrogens is 310 g/mol. The van der Waals surface area contributed by atoms with E-state index in [1.165, 1.54) is 14.2 Å². The molecule has 1 aliphatic heterocycles. The van der Waals surface area contributed by atoms with Gasteiger partial charge in [-0.05, 0) is 37.3 Å². The van der Waals surface area contributed by atoms with Gasteiger partial charge in [-0.1, -0.05) is 23.4 Å². The van der Waals surface area contributed by atoms with Crippen LogP contribution in [0.25, 0.3) is 0 Å². The van der Waals surface area contributed by atoms with Crippen LogP contribution in [-0.4, -0.2) is 37.2 Å². The Morgan fingerprint density at radius 2 is 1.75 bits per heavy atom. The van der Waals surface area contributed by atoms with Crippen LogP contribution in [0.1, 0.15) is 19.3 Å². The fourth-order valence-electron chi connectivity index (χ4n) is 4.95. The van der Waals surface area contributed by atoms with E-state index in [-0.39, 0.29) is 11.8 Å². The normalized spacial score (nSPS) is 35.8. The molecule has 0 amide bonds. The van der Waals surface area contributed by atoms with E-state index in [1.54, 1.807) is 5.01 Å². The number of methoxy groups -OCH3 is 2. The summed E-state index contributed by atoms with van der Waals surface area (Å²) in [7, 11) is 2.67. The van der Waals surface area contributed by atoms with Gasteiger partial charge in [0.1, 0.15) is 0 Å². The smallest absolute Gasteiger partial charge is 0.339 e. The molecule has 0 spiro atoms. The van der Waals surface area contributed by atoms with Gasteiger partial charge in [-0.2, -0.15) is 0 Å². The van der Waals surface area contributed by atoms with Crippen LogP contribution in [0.4, 0.5) is 5.69 Å². The van der Waals surface area contributed by atoms with Crippen molar-refractivity contribution in [3.05, 3.63) is 30.3 Å². The first kappa shape index (κ1) is 15.1. The molecule has 3 aliphatic rings. The molecule has 2 bridgehead atoms. The summed E-state index contributed by atoms with van der Waals surface area (Å²) in [4.78, 5) is 25.8. The molecule has 1 heterocycles. The Hall–Kier alpha value is -2.44. The van der Waals surface area contributed by atoms with Gasteiger partial charge in [-0.25, -0.2) is 14.6 Å². The molecule has 2 aliphatic carbocycles. The average molecular weight is 329 g/mol. The maximum atomic E-state index is 13.0. The van der Waals surface area contributed by atoms with Gasteiger partial charge in [0.05, 0.1) is 19.9 Å². The Morgan fingerprint density at radius 1 is 1.08 bits per heavy atom. The van der Waals surface area contributed by atoms with Crippen LogP contribution in [0.15, 0.2) is 40.7 Å². The van der Waals surface area contributed by atoms with Gasteiger partial charge < -0.3 is 9.47 Å². The minimum absolute atomic E-state index is 0.0516. The number of hydrogen-bond acceptors (Lipinski definition) is 7. The van der Waals surface area contributed by atoms with Crippen molar-refractivity contribution in [2.24, 2.45) is 22.2 Å². The molecule has 4 atom stereocenters. The number of ether oxygens (including phenoxy) is 2. The van der Waals surface area contributed by atoms with Crippen LogP contribution >= 0.6 is 0 Å². The summed E-state index contributed by atoms with van der Waals surface area (Å²) in [5, 5.41) is 10.2. The summed E-state index contributed by atoms with van der Waals surface area (Å²) in [5.74, 6) is -1.10. The van der Waals surface area contributed by atoms with Gasteiger partial charge in [0.2, 0.25) is 11.1 Å². The van der Waals surface area contributed by atoms with E-state index in [0.29, 0.717) is 5.69 Å². The van der Waals surface area contributed by atoms with E-state index < -0.39 is 23.0 Å². The molecule has 0 N–H and O–H groups in total.